The third-order valence-electron chi connectivity index (χ3n) is 3.80. The Labute approximate surface area is 124 Å². The molecule has 1 amide bonds. The number of anilines is 2. The molecule has 1 unspecified atom stereocenters. The standard InChI is InChI=1S/C15H21N3O3/c1-3-18-11(5-7-14(18)19)9-17-13-8-10(15(20)21-2)4-6-12(13)16/h4,6,8,11,17H,3,5,7,9,16H2,1-2H3. The zero-order valence-corrected chi connectivity index (χ0v) is 12.4. The van der Waals surface area contributed by atoms with E-state index in [0.29, 0.717) is 36.4 Å². The maximum atomic E-state index is 11.7. The van der Waals surface area contributed by atoms with Gasteiger partial charge in [-0.05, 0) is 31.5 Å². The van der Waals surface area contributed by atoms with Crippen molar-refractivity contribution in [1.29, 1.82) is 0 Å². The third-order valence-corrected chi connectivity index (χ3v) is 3.80. The van der Waals surface area contributed by atoms with E-state index < -0.39 is 5.97 Å². The number of rotatable bonds is 5. The molecule has 1 heterocycles. The highest BCUT2D eigenvalue weighted by atomic mass is 16.5. The number of carbonyl (C=O) groups excluding carboxylic acids is 2. The quantitative estimate of drug-likeness (QED) is 0.634. The molecule has 0 bridgehead atoms. The van der Waals surface area contributed by atoms with Crippen molar-refractivity contribution >= 4 is 23.3 Å². The van der Waals surface area contributed by atoms with Gasteiger partial charge < -0.3 is 20.7 Å². The lowest BCUT2D eigenvalue weighted by Crippen LogP contribution is -2.37. The minimum atomic E-state index is -0.399. The summed E-state index contributed by atoms with van der Waals surface area (Å²) in [7, 11) is 1.34. The second-order valence-corrected chi connectivity index (χ2v) is 5.05. The number of nitrogen functional groups attached to an aromatic ring is 1. The highest BCUT2D eigenvalue weighted by molar-refractivity contribution is 5.92. The molecule has 0 radical (unpaired) electrons. The maximum Gasteiger partial charge on any atom is 0.337 e. The molecule has 0 aromatic heterocycles. The van der Waals surface area contributed by atoms with Gasteiger partial charge in [0, 0.05) is 25.6 Å². The van der Waals surface area contributed by atoms with E-state index in [-0.39, 0.29) is 11.9 Å². The van der Waals surface area contributed by atoms with Crippen LogP contribution in [0, 0.1) is 0 Å². The summed E-state index contributed by atoms with van der Waals surface area (Å²) in [5, 5.41) is 3.23. The van der Waals surface area contributed by atoms with Crippen molar-refractivity contribution in [2.75, 3.05) is 31.2 Å². The lowest BCUT2D eigenvalue weighted by Gasteiger charge is -2.24. The monoisotopic (exact) mass is 291 g/mol. The summed E-state index contributed by atoms with van der Waals surface area (Å²) in [6.07, 6.45) is 1.44. The van der Waals surface area contributed by atoms with Crippen molar-refractivity contribution in [1.82, 2.24) is 4.90 Å². The van der Waals surface area contributed by atoms with E-state index in [2.05, 4.69) is 5.32 Å². The van der Waals surface area contributed by atoms with Crippen LogP contribution in [0.25, 0.3) is 0 Å². The van der Waals surface area contributed by atoms with Crippen LogP contribution in [0.2, 0.25) is 0 Å². The number of ether oxygens (including phenoxy) is 1. The van der Waals surface area contributed by atoms with Crippen LogP contribution >= 0.6 is 0 Å². The molecule has 1 aliphatic rings. The Bertz CT molecular complexity index is 545. The minimum absolute atomic E-state index is 0.170. The predicted octanol–water partition coefficient (Wildman–Crippen LogP) is 1.48. The second kappa shape index (κ2) is 6.47. The first kappa shape index (κ1) is 15.2. The van der Waals surface area contributed by atoms with Crippen LogP contribution in [-0.2, 0) is 9.53 Å². The average molecular weight is 291 g/mol. The van der Waals surface area contributed by atoms with Crippen molar-refractivity contribution in [2.45, 2.75) is 25.8 Å². The molecule has 1 aromatic carbocycles. The molecule has 21 heavy (non-hydrogen) atoms. The van der Waals surface area contributed by atoms with E-state index in [0.717, 1.165) is 6.42 Å². The van der Waals surface area contributed by atoms with Crippen molar-refractivity contribution < 1.29 is 14.3 Å². The van der Waals surface area contributed by atoms with Gasteiger partial charge >= 0.3 is 5.97 Å². The van der Waals surface area contributed by atoms with Crippen LogP contribution in [0.4, 0.5) is 11.4 Å². The summed E-state index contributed by atoms with van der Waals surface area (Å²) in [4.78, 5) is 25.1. The number of methoxy groups -OCH3 is 1. The van der Waals surface area contributed by atoms with Crippen LogP contribution in [0.1, 0.15) is 30.1 Å². The van der Waals surface area contributed by atoms with Gasteiger partial charge in [-0.15, -0.1) is 0 Å². The molecular weight excluding hydrogens is 270 g/mol. The van der Waals surface area contributed by atoms with Crippen molar-refractivity contribution in [3.05, 3.63) is 23.8 Å². The summed E-state index contributed by atoms with van der Waals surface area (Å²) < 4.78 is 4.70. The SMILES string of the molecule is CCN1C(=O)CCC1CNc1cc(C(=O)OC)ccc1N. The normalized spacial score (nSPS) is 17.9. The van der Waals surface area contributed by atoms with Crippen molar-refractivity contribution in [3.8, 4) is 0 Å². The Morgan fingerprint density at radius 1 is 1.52 bits per heavy atom. The molecule has 1 aliphatic heterocycles. The second-order valence-electron chi connectivity index (χ2n) is 5.05. The fraction of sp³-hybridized carbons (Fsp3) is 0.467. The Morgan fingerprint density at radius 3 is 2.95 bits per heavy atom. The number of esters is 1. The number of nitrogens with zero attached hydrogens (tertiary/aromatic N) is 1. The van der Waals surface area contributed by atoms with Gasteiger partial charge in [0.25, 0.3) is 0 Å². The van der Waals surface area contributed by atoms with Crippen LogP contribution in [0.5, 0.6) is 0 Å². The molecule has 0 aliphatic carbocycles. The average Bonchev–Trinajstić information content (AvgIpc) is 2.85. The van der Waals surface area contributed by atoms with Crippen LogP contribution < -0.4 is 11.1 Å². The number of nitrogens with two attached hydrogens (primary N) is 1. The first-order valence-corrected chi connectivity index (χ1v) is 7.08. The molecule has 1 aromatic rings. The molecule has 0 saturated carbocycles. The van der Waals surface area contributed by atoms with E-state index in [1.54, 1.807) is 18.2 Å². The summed E-state index contributed by atoms with van der Waals surface area (Å²) in [6, 6.07) is 5.15. The third kappa shape index (κ3) is 3.26. The molecule has 6 nitrogen and oxygen atoms in total. The van der Waals surface area contributed by atoms with Gasteiger partial charge in [0.05, 0.1) is 24.0 Å². The number of carbonyl (C=O) groups is 2. The number of likely N-dealkylation sites (N-methyl/N-ethyl adjacent to an activating group) is 1. The lowest BCUT2D eigenvalue weighted by molar-refractivity contribution is -0.128. The molecule has 1 fully saturated rings. The van der Waals surface area contributed by atoms with Gasteiger partial charge in [0.15, 0.2) is 0 Å². The predicted molar refractivity (Wildman–Crippen MR) is 81.1 cm³/mol. The van der Waals surface area contributed by atoms with Crippen molar-refractivity contribution in [3.63, 3.8) is 0 Å². The minimum Gasteiger partial charge on any atom is -0.465 e. The first-order chi connectivity index (χ1) is 10.1. The number of nitrogens with one attached hydrogen (secondary N) is 1. The number of hydrogen-bond donors (Lipinski definition) is 2. The van der Waals surface area contributed by atoms with E-state index in [9.17, 15) is 9.59 Å². The maximum absolute atomic E-state index is 11.7. The molecule has 0 spiro atoms. The van der Waals surface area contributed by atoms with E-state index >= 15 is 0 Å². The smallest absolute Gasteiger partial charge is 0.337 e. The molecule has 3 N–H and O–H groups in total. The van der Waals surface area contributed by atoms with E-state index in [1.807, 2.05) is 11.8 Å². The molecular formula is C15H21N3O3. The molecule has 1 atom stereocenters. The van der Waals surface area contributed by atoms with Crippen molar-refractivity contribution in [2.24, 2.45) is 0 Å². The first-order valence-electron chi connectivity index (χ1n) is 7.08. The van der Waals surface area contributed by atoms with Gasteiger partial charge in [-0.3, -0.25) is 4.79 Å². The van der Waals surface area contributed by atoms with Crippen LogP contribution in [0.15, 0.2) is 18.2 Å². The number of hydrogen-bond acceptors (Lipinski definition) is 5. The summed E-state index contributed by atoms with van der Waals surface area (Å²) in [6.45, 7) is 3.31. The van der Waals surface area contributed by atoms with Crippen LogP contribution in [-0.4, -0.2) is 43.0 Å². The molecule has 114 valence electrons. The van der Waals surface area contributed by atoms with Gasteiger partial charge in [-0.2, -0.15) is 0 Å². The Kier molecular flexibility index (Phi) is 4.67. The Hall–Kier alpha value is -2.24. The molecule has 6 heteroatoms. The van der Waals surface area contributed by atoms with Gasteiger partial charge in [-0.1, -0.05) is 0 Å². The topological polar surface area (TPSA) is 84.7 Å². The zero-order chi connectivity index (χ0) is 15.4. The summed E-state index contributed by atoms with van der Waals surface area (Å²) in [5.74, 6) is -0.204. The highest BCUT2D eigenvalue weighted by Crippen LogP contribution is 2.23. The van der Waals surface area contributed by atoms with Gasteiger partial charge in [0.2, 0.25) is 5.91 Å². The largest absolute Gasteiger partial charge is 0.465 e. The molecule has 2 rings (SSSR count). The zero-order valence-electron chi connectivity index (χ0n) is 12.4. The van der Waals surface area contributed by atoms with E-state index in [4.69, 9.17) is 10.5 Å². The van der Waals surface area contributed by atoms with Gasteiger partial charge in [0.1, 0.15) is 0 Å². The number of amides is 1. The number of likely N-dealkylation sites (tertiary alicyclic amines) is 1. The number of benzene rings is 1. The fourth-order valence-corrected chi connectivity index (χ4v) is 2.62. The van der Waals surface area contributed by atoms with E-state index in [1.165, 1.54) is 7.11 Å². The summed E-state index contributed by atoms with van der Waals surface area (Å²) >= 11 is 0. The molecule has 1 saturated heterocycles. The Balaban J connectivity index is 2.06. The summed E-state index contributed by atoms with van der Waals surface area (Å²) in [5.41, 5.74) is 7.62. The highest BCUT2D eigenvalue weighted by Gasteiger charge is 2.29. The fourth-order valence-electron chi connectivity index (χ4n) is 2.62. The Morgan fingerprint density at radius 2 is 2.29 bits per heavy atom. The lowest BCUT2D eigenvalue weighted by atomic mass is 10.1. The van der Waals surface area contributed by atoms with Gasteiger partial charge in [-0.25, -0.2) is 4.79 Å². The van der Waals surface area contributed by atoms with Crippen LogP contribution in [0.3, 0.4) is 0 Å².